The maximum Gasteiger partial charge on any atom is 0.267 e. The number of carbonyl (C=O) groups excluding carboxylic acids is 1. The van der Waals surface area contributed by atoms with Crippen LogP contribution < -0.4 is 5.32 Å². The van der Waals surface area contributed by atoms with Crippen LogP contribution >= 0.6 is 11.3 Å². The number of imidazole rings is 1. The summed E-state index contributed by atoms with van der Waals surface area (Å²) in [6, 6.07) is 6.25. The van der Waals surface area contributed by atoms with Gasteiger partial charge in [0.1, 0.15) is 10.6 Å². The van der Waals surface area contributed by atoms with Crippen LogP contribution in [0.2, 0.25) is 0 Å². The Bertz CT molecular complexity index is 1240. The van der Waals surface area contributed by atoms with E-state index in [1.165, 1.54) is 16.9 Å². The number of anilines is 1. The van der Waals surface area contributed by atoms with Crippen molar-refractivity contribution in [2.24, 2.45) is 0 Å². The van der Waals surface area contributed by atoms with Gasteiger partial charge in [0.05, 0.1) is 46.8 Å². The third-order valence-corrected chi connectivity index (χ3v) is 6.36. The minimum absolute atomic E-state index is 0.199. The first-order chi connectivity index (χ1) is 15.1. The molecule has 1 aliphatic heterocycles. The molecule has 4 aromatic rings. The van der Waals surface area contributed by atoms with Crippen molar-refractivity contribution in [3.63, 3.8) is 0 Å². The Labute approximate surface area is 182 Å². The number of fused-ring (bicyclic) bond motifs is 1. The molecule has 31 heavy (non-hydrogen) atoms. The standard InChI is InChI=1S/C21H23N7O2S/c1-12-19(31-13(2)23-12)21(29)26-17-10-22-27-18(17)20-24-15-4-3-14(9-16(15)25-20)11-28-5-7-30-8-6-28/h3-4,9-10H,5-8,11H2,1-2H3,(H,22,27)(H,24,25)(H,26,29). The maximum atomic E-state index is 12.7. The van der Waals surface area contributed by atoms with Crippen LogP contribution in [0, 0.1) is 13.8 Å². The number of thiazole rings is 1. The van der Waals surface area contributed by atoms with Gasteiger partial charge in [-0.05, 0) is 31.5 Å². The zero-order chi connectivity index (χ0) is 21.4. The highest BCUT2D eigenvalue weighted by Crippen LogP contribution is 2.27. The molecular formula is C21H23N7O2S. The fourth-order valence-corrected chi connectivity index (χ4v) is 4.59. The summed E-state index contributed by atoms with van der Waals surface area (Å²) in [7, 11) is 0. The zero-order valence-electron chi connectivity index (χ0n) is 17.4. The summed E-state index contributed by atoms with van der Waals surface area (Å²) >= 11 is 1.38. The number of nitrogens with one attached hydrogen (secondary N) is 3. The molecule has 0 spiro atoms. The molecular weight excluding hydrogens is 414 g/mol. The first-order valence-corrected chi connectivity index (χ1v) is 11.0. The van der Waals surface area contributed by atoms with Crippen LogP contribution in [0.3, 0.4) is 0 Å². The quantitative estimate of drug-likeness (QED) is 0.442. The molecule has 10 heteroatoms. The lowest BCUT2D eigenvalue weighted by molar-refractivity contribution is 0.0342. The number of hydrogen-bond acceptors (Lipinski definition) is 7. The van der Waals surface area contributed by atoms with Crippen molar-refractivity contribution in [1.82, 2.24) is 30.0 Å². The van der Waals surface area contributed by atoms with Gasteiger partial charge in [0, 0.05) is 19.6 Å². The number of ether oxygens (including phenoxy) is 1. The Morgan fingerprint density at radius 1 is 1.26 bits per heavy atom. The second kappa shape index (κ2) is 8.22. The van der Waals surface area contributed by atoms with E-state index >= 15 is 0 Å². The number of aromatic nitrogens is 5. The van der Waals surface area contributed by atoms with E-state index in [4.69, 9.17) is 4.74 Å². The number of nitrogens with zero attached hydrogens (tertiary/aromatic N) is 4. The van der Waals surface area contributed by atoms with E-state index in [-0.39, 0.29) is 5.91 Å². The van der Waals surface area contributed by atoms with Gasteiger partial charge in [-0.15, -0.1) is 11.3 Å². The average Bonchev–Trinajstić information content (AvgIpc) is 3.46. The predicted molar refractivity (Wildman–Crippen MR) is 119 cm³/mol. The Hall–Kier alpha value is -3.08. The van der Waals surface area contributed by atoms with Crippen molar-refractivity contribution < 1.29 is 9.53 Å². The third kappa shape index (κ3) is 4.09. The van der Waals surface area contributed by atoms with Gasteiger partial charge in [0.2, 0.25) is 0 Å². The molecule has 1 saturated heterocycles. The summed E-state index contributed by atoms with van der Waals surface area (Å²) in [6.45, 7) is 8.07. The van der Waals surface area contributed by atoms with Crippen LogP contribution in [-0.2, 0) is 11.3 Å². The van der Waals surface area contributed by atoms with Gasteiger partial charge in [0.15, 0.2) is 5.82 Å². The summed E-state index contributed by atoms with van der Waals surface area (Å²) in [4.78, 5) is 28.1. The van der Waals surface area contributed by atoms with E-state index in [2.05, 4.69) is 47.5 Å². The highest BCUT2D eigenvalue weighted by atomic mass is 32.1. The molecule has 0 atom stereocenters. The van der Waals surface area contributed by atoms with Crippen LogP contribution in [0.4, 0.5) is 5.69 Å². The van der Waals surface area contributed by atoms with Gasteiger partial charge in [-0.2, -0.15) is 5.10 Å². The Kier molecular flexibility index (Phi) is 5.26. The second-order valence-electron chi connectivity index (χ2n) is 7.59. The molecule has 160 valence electrons. The number of morpholine rings is 1. The zero-order valence-corrected chi connectivity index (χ0v) is 18.2. The van der Waals surface area contributed by atoms with Crippen LogP contribution in [0.1, 0.15) is 25.9 Å². The second-order valence-corrected chi connectivity index (χ2v) is 8.79. The molecule has 0 unspecified atom stereocenters. The molecule has 1 aromatic carbocycles. The predicted octanol–water partition coefficient (Wildman–Crippen LogP) is 3.11. The van der Waals surface area contributed by atoms with E-state index in [1.807, 2.05) is 19.9 Å². The molecule has 1 aliphatic rings. The molecule has 0 radical (unpaired) electrons. The van der Waals surface area contributed by atoms with Crippen molar-refractivity contribution in [1.29, 1.82) is 0 Å². The minimum Gasteiger partial charge on any atom is -0.379 e. The Morgan fingerprint density at radius 2 is 2.10 bits per heavy atom. The number of carbonyl (C=O) groups is 1. The van der Waals surface area contributed by atoms with E-state index in [0.717, 1.165) is 54.6 Å². The van der Waals surface area contributed by atoms with Crippen molar-refractivity contribution in [2.75, 3.05) is 31.6 Å². The minimum atomic E-state index is -0.199. The van der Waals surface area contributed by atoms with Crippen molar-refractivity contribution in [3.05, 3.63) is 45.5 Å². The Balaban J connectivity index is 1.38. The first-order valence-electron chi connectivity index (χ1n) is 10.1. The fraction of sp³-hybridized carbons (Fsp3) is 0.333. The van der Waals surface area contributed by atoms with Gasteiger partial charge in [-0.1, -0.05) is 6.07 Å². The molecule has 1 amide bonds. The SMILES string of the molecule is Cc1nc(C)c(C(=O)Nc2cn[nH]c2-c2nc3ccc(CN4CCOCC4)cc3[nH]2)s1. The highest BCUT2D eigenvalue weighted by Gasteiger charge is 2.19. The van der Waals surface area contributed by atoms with Crippen molar-refractivity contribution in [3.8, 4) is 11.5 Å². The lowest BCUT2D eigenvalue weighted by Crippen LogP contribution is -2.35. The fourth-order valence-electron chi connectivity index (χ4n) is 3.77. The first kappa shape index (κ1) is 19.9. The topological polar surface area (TPSA) is 112 Å². The third-order valence-electron chi connectivity index (χ3n) is 5.29. The normalized spacial score (nSPS) is 14.9. The summed E-state index contributed by atoms with van der Waals surface area (Å²) < 4.78 is 5.43. The molecule has 9 nitrogen and oxygen atoms in total. The number of benzene rings is 1. The van der Waals surface area contributed by atoms with Crippen LogP contribution in [0.25, 0.3) is 22.6 Å². The molecule has 0 aliphatic carbocycles. The lowest BCUT2D eigenvalue weighted by atomic mass is 10.2. The molecule has 0 bridgehead atoms. The number of rotatable bonds is 5. The van der Waals surface area contributed by atoms with E-state index < -0.39 is 0 Å². The number of amides is 1. The largest absolute Gasteiger partial charge is 0.379 e. The van der Waals surface area contributed by atoms with Gasteiger partial charge in [0.25, 0.3) is 5.91 Å². The highest BCUT2D eigenvalue weighted by molar-refractivity contribution is 7.13. The van der Waals surface area contributed by atoms with Crippen molar-refractivity contribution >= 4 is 34.0 Å². The number of aromatic amines is 2. The van der Waals surface area contributed by atoms with E-state index in [0.29, 0.717) is 22.1 Å². The van der Waals surface area contributed by atoms with Gasteiger partial charge in [-0.3, -0.25) is 14.8 Å². The molecule has 3 aromatic heterocycles. The monoisotopic (exact) mass is 437 g/mol. The molecule has 4 heterocycles. The molecule has 5 rings (SSSR count). The van der Waals surface area contributed by atoms with Gasteiger partial charge >= 0.3 is 0 Å². The summed E-state index contributed by atoms with van der Waals surface area (Å²) in [5.74, 6) is 0.429. The molecule has 3 N–H and O–H groups in total. The maximum absolute atomic E-state index is 12.7. The smallest absolute Gasteiger partial charge is 0.267 e. The van der Waals surface area contributed by atoms with Crippen LogP contribution in [-0.4, -0.2) is 62.3 Å². The number of aryl methyl sites for hydroxylation is 2. The number of H-pyrrole nitrogens is 2. The van der Waals surface area contributed by atoms with Crippen LogP contribution in [0.5, 0.6) is 0 Å². The number of hydrogen-bond donors (Lipinski definition) is 3. The summed E-state index contributed by atoms with van der Waals surface area (Å²) in [5.41, 5.74) is 4.96. The molecule has 1 fully saturated rings. The van der Waals surface area contributed by atoms with Crippen LogP contribution in [0.15, 0.2) is 24.4 Å². The van der Waals surface area contributed by atoms with E-state index in [9.17, 15) is 4.79 Å². The average molecular weight is 438 g/mol. The van der Waals surface area contributed by atoms with Crippen molar-refractivity contribution in [2.45, 2.75) is 20.4 Å². The summed E-state index contributed by atoms with van der Waals surface area (Å²) in [5, 5.41) is 10.8. The Morgan fingerprint density at radius 3 is 2.87 bits per heavy atom. The van der Waals surface area contributed by atoms with E-state index in [1.54, 1.807) is 6.20 Å². The van der Waals surface area contributed by atoms with Gasteiger partial charge < -0.3 is 15.0 Å². The summed E-state index contributed by atoms with van der Waals surface area (Å²) in [6.07, 6.45) is 1.59. The lowest BCUT2D eigenvalue weighted by Gasteiger charge is -2.26. The molecule has 0 saturated carbocycles. The van der Waals surface area contributed by atoms with Gasteiger partial charge in [-0.25, -0.2) is 9.97 Å².